The smallest absolute Gasteiger partial charge is 0.0936 e. The quantitative estimate of drug-likeness (QED) is 0.0858. The molecular formula is C56H54N10. The summed E-state index contributed by atoms with van der Waals surface area (Å²) in [6.45, 7) is 12.5. The summed E-state index contributed by atoms with van der Waals surface area (Å²) in [7, 11) is 0. The Labute approximate surface area is 387 Å². The number of rotatable bonds is 16. The van der Waals surface area contributed by atoms with Crippen molar-refractivity contribution in [2.24, 2.45) is 51.1 Å². The Morgan fingerprint density at radius 3 is 0.894 bits per heavy atom. The first-order chi connectivity index (χ1) is 32.3. The van der Waals surface area contributed by atoms with Crippen molar-refractivity contribution >= 4 is 78.4 Å². The number of benzene rings is 8. The fraction of sp³-hybridized carbons (Fsp3) is 0.214. The molecule has 8 aromatic carbocycles. The molecule has 328 valence electrons. The second-order valence-electron chi connectivity index (χ2n) is 16.7. The highest BCUT2D eigenvalue weighted by atomic mass is 15.1. The molecule has 10 nitrogen and oxygen atoms in total. The van der Waals surface area contributed by atoms with E-state index in [1.54, 1.807) is 0 Å². The van der Waals surface area contributed by atoms with Gasteiger partial charge in [-0.05, 0) is 160 Å². The highest BCUT2D eigenvalue weighted by Gasteiger charge is 2.11. The third-order valence-electron chi connectivity index (χ3n) is 11.6. The Morgan fingerprint density at radius 1 is 0.303 bits per heavy atom. The van der Waals surface area contributed by atoms with Gasteiger partial charge in [-0.15, -0.1) is 30.7 Å². The van der Waals surface area contributed by atoms with Crippen LogP contribution in [0, 0.1) is 27.7 Å². The lowest BCUT2D eigenvalue weighted by Gasteiger charge is -2.08. The summed E-state index contributed by atoms with van der Waals surface area (Å²) in [5.74, 6) is 0. The number of fused-ring (bicyclic) bond motifs is 2. The maximum absolute atomic E-state index is 4.73. The lowest BCUT2D eigenvalue weighted by atomic mass is 10.1. The summed E-state index contributed by atoms with van der Waals surface area (Å²) < 4.78 is 0. The Balaban J connectivity index is 0.948. The monoisotopic (exact) mass is 866 g/mol. The Bertz CT molecular complexity index is 2890. The van der Waals surface area contributed by atoms with Crippen molar-refractivity contribution in [2.45, 2.75) is 80.1 Å². The highest BCUT2D eigenvalue weighted by molar-refractivity contribution is 6.00. The molecule has 0 N–H and O–H groups in total. The van der Waals surface area contributed by atoms with Gasteiger partial charge in [0.15, 0.2) is 0 Å². The first-order valence-electron chi connectivity index (χ1n) is 22.8. The average Bonchev–Trinajstić information content (AvgIpc) is 3.33. The fourth-order valence-electron chi connectivity index (χ4n) is 7.95. The Kier molecular flexibility index (Phi) is 14.5. The summed E-state index contributed by atoms with van der Waals surface area (Å²) in [6, 6.07) is 48.5. The minimum Gasteiger partial charge on any atom is -0.151 e. The molecule has 0 amide bonds. The van der Waals surface area contributed by atoms with Gasteiger partial charge in [-0.1, -0.05) is 99.5 Å². The fourth-order valence-corrected chi connectivity index (χ4v) is 7.95. The maximum Gasteiger partial charge on any atom is 0.0936 e. The SMILES string of the molecule is CCCCc1ccc(N=Nc2ccc(N=Nc3c(C)cc(N=Nc4cc(C)c(N=Nc5ccc(N=Nc6ccc(CCCC)cc6)c6ccccc56)c(C)c4)cc3C)c3ccccc23)cc1. The molecule has 0 aliphatic heterocycles. The topological polar surface area (TPSA) is 124 Å². The van der Waals surface area contributed by atoms with Gasteiger partial charge in [0.1, 0.15) is 0 Å². The predicted molar refractivity (Wildman–Crippen MR) is 271 cm³/mol. The number of nitrogens with zero attached hydrogens (tertiary/aromatic N) is 10. The van der Waals surface area contributed by atoms with E-state index in [0.717, 1.165) is 114 Å². The van der Waals surface area contributed by atoms with E-state index in [9.17, 15) is 0 Å². The molecule has 0 aromatic heterocycles. The molecule has 8 aromatic rings. The lowest BCUT2D eigenvalue weighted by molar-refractivity contribution is 0.795. The van der Waals surface area contributed by atoms with E-state index in [-0.39, 0.29) is 0 Å². The largest absolute Gasteiger partial charge is 0.151 e. The second kappa shape index (κ2) is 21.3. The molecule has 66 heavy (non-hydrogen) atoms. The van der Waals surface area contributed by atoms with Gasteiger partial charge in [0.05, 0.1) is 56.9 Å². The number of hydrogen-bond acceptors (Lipinski definition) is 10. The van der Waals surface area contributed by atoms with E-state index in [1.165, 1.54) is 36.8 Å². The van der Waals surface area contributed by atoms with Gasteiger partial charge < -0.3 is 0 Å². The molecule has 0 fully saturated rings. The molecule has 0 saturated carbocycles. The van der Waals surface area contributed by atoms with Crippen LogP contribution in [0.5, 0.6) is 0 Å². The van der Waals surface area contributed by atoms with Crippen LogP contribution in [0.3, 0.4) is 0 Å². The van der Waals surface area contributed by atoms with E-state index >= 15 is 0 Å². The van der Waals surface area contributed by atoms with Crippen molar-refractivity contribution in [1.82, 2.24) is 0 Å². The minimum absolute atomic E-state index is 0.731. The summed E-state index contributed by atoms with van der Waals surface area (Å²) in [5.41, 5.74) is 14.2. The van der Waals surface area contributed by atoms with Gasteiger partial charge in [0.25, 0.3) is 0 Å². The van der Waals surface area contributed by atoms with Crippen molar-refractivity contribution in [3.8, 4) is 0 Å². The predicted octanol–water partition coefficient (Wildman–Crippen LogP) is 20.0. The van der Waals surface area contributed by atoms with Gasteiger partial charge in [0.2, 0.25) is 0 Å². The van der Waals surface area contributed by atoms with Crippen LogP contribution in [0.2, 0.25) is 0 Å². The summed E-state index contributed by atoms with van der Waals surface area (Å²) >= 11 is 0. The molecule has 0 heterocycles. The van der Waals surface area contributed by atoms with Crippen LogP contribution in [0.25, 0.3) is 21.5 Å². The standard InChI is InChI=1S/C56H54N10/c1-7-9-15-41-21-25-43(26-22-41)57-61-51-29-31-53(49-19-13-11-17-47(49)51)63-65-55-37(3)33-45(34-38(55)4)59-60-46-35-39(5)56(40(6)36-46)66-64-54-32-30-52(48-18-12-14-20-50(48)54)62-58-44-27-23-42(24-28-44)16-10-8-2/h11-14,17-36H,7-10,15-16H2,1-6H3. The van der Waals surface area contributed by atoms with Crippen LogP contribution in [-0.4, -0.2) is 0 Å². The number of hydrogen-bond donors (Lipinski definition) is 0. The molecule has 0 unspecified atom stereocenters. The third kappa shape index (κ3) is 11.0. The maximum atomic E-state index is 4.73. The van der Waals surface area contributed by atoms with E-state index in [1.807, 2.05) is 149 Å². The van der Waals surface area contributed by atoms with Crippen molar-refractivity contribution in [1.29, 1.82) is 0 Å². The van der Waals surface area contributed by atoms with Gasteiger partial charge in [-0.25, -0.2) is 0 Å². The normalized spacial score (nSPS) is 12.2. The number of aryl methyl sites for hydroxylation is 6. The summed E-state index contributed by atoms with van der Waals surface area (Å²) in [6.07, 6.45) is 6.88. The highest BCUT2D eigenvalue weighted by Crippen LogP contribution is 2.39. The van der Waals surface area contributed by atoms with Crippen LogP contribution < -0.4 is 0 Å². The van der Waals surface area contributed by atoms with Gasteiger partial charge in [-0.2, -0.15) is 20.5 Å². The molecule has 0 saturated heterocycles. The lowest BCUT2D eigenvalue weighted by Crippen LogP contribution is -1.82. The zero-order chi connectivity index (χ0) is 45.8. The van der Waals surface area contributed by atoms with Gasteiger partial charge >= 0.3 is 0 Å². The van der Waals surface area contributed by atoms with Gasteiger partial charge in [0, 0.05) is 21.5 Å². The average molecular weight is 867 g/mol. The van der Waals surface area contributed by atoms with Crippen molar-refractivity contribution in [2.75, 3.05) is 0 Å². The number of unbranched alkanes of at least 4 members (excludes halogenated alkanes) is 2. The van der Waals surface area contributed by atoms with Crippen LogP contribution >= 0.6 is 0 Å². The van der Waals surface area contributed by atoms with Gasteiger partial charge in [-0.3, -0.25) is 0 Å². The van der Waals surface area contributed by atoms with E-state index in [4.69, 9.17) is 20.5 Å². The van der Waals surface area contributed by atoms with Crippen molar-refractivity contribution < 1.29 is 0 Å². The van der Waals surface area contributed by atoms with Crippen LogP contribution in [0.15, 0.2) is 197 Å². The summed E-state index contributed by atoms with van der Waals surface area (Å²) in [5, 5.41) is 50.3. The second-order valence-corrected chi connectivity index (χ2v) is 16.7. The third-order valence-corrected chi connectivity index (χ3v) is 11.6. The zero-order valence-corrected chi connectivity index (χ0v) is 38.6. The molecule has 8 rings (SSSR count). The number of azo groups is 5. The molecule has 0 aliphatic rings. The van der Waals surface area contributed by atoms with E-state index in [0.29, 0.717) is 0 Å². The Hall–Kier alpha value is -7.72. The molecule has 0 aliphatic carbocycles. The zero-order valence-electron chi connectivity index (χ0n) is 38.6. The van der Waals surface area contributed by atoms with Crippen LogP contribution in [-0.2, 0) is 12.8 Å². The summed E-state index contributed by atoms with van der Waals surface area (Å²) in [4.78, 5) is 0. The molecule has 0 bridgehead atoms. The Morgan fingerprint density at radius 2 is 0.591 bits per heavy atom. The van der Waals surface area contributed by atoms with Crippen molar-refractivity contribution in [3.05, 3.63) is 179 Å². The molecular weight excluding hydrogens is 813 g/mol. The van der Waals surface area contributed by atoms with Crippen molar-refractivity contribution in [3.63, 3.8) is 0 Å². The molecule has 10 heteroatoms. The minimum atomic E-state index is 0.731. The van der Waals surface area contributed by atoms with Crippen LogP contribution in [0.1, 0.15) is 72.9 Å². The first kappa shape index (κ1) is 44.9. The molecule has 0 atom stereocenters. The molecule has 0 radical (unpaired) electrons. The van der Waals surface area contributed by atoms with E-state index < -0.39 is 0 Å². The van der Waals surface area contributed by atoms with E-state index in [2.05, 4.69) is 68.8 Å². The van der Waals surface area contributed by atoms with Crippen LogP contribution in [0.4, 0.5) is 56.9 Å². The first-order valence-corrected chi connectivity index (χ1v) is 22.8. The molecule has 0 spiro atoms.